The molecule has 4 nitrogen and oxygen atoms in total. The predicted octanol–water partition coefficient (Wildman–Crippen LogP) is 2.98. The van der Waals surface area contributed by atoms with Crippen molar-refractivity contribution in [3.8, 4) is 0 Å². The van der Waals surface area contributed by atoms with Crippen molar-refractivity contribution in [2.75, 3.05) is 0 Å². The van der Waals surface area contributed by atoms with Crippen molar-refractivity contribution < 1.29 is 10.0 Å². The van der Waals surface area contributed by atoms with E-state index >= 15 is 0 Å². The highest BCUT2D eigenvalue weighted by Crippen LogP contribution is 2.33. The van der Waals surface area contributed by atoms with E-state index in [1.165, 1.54) is 17.8 Å². The fourth-order valence-electron chi connectivity index (χ4n) is 1.20. The smallest absolute Gasteiger partial charge is 0.283 e. The quantitative estimate of drug-likeness (QED) is 0.489. The first-order valence-corrected chi connectivity index (χ1v) is 6.01. The monoisotopic (exact) mass is 241 g/mol. The minimum Gasteiger partial charge on any atom is -0.392 e. The number of rotatable bonds is 5. The van der Waals surface area contributed by atoms with Crippen molar-refractivity contribution in [3.05, 3.63) is 33.9 Å². The van der Waals surface area contributed by atoms with E-state index in [1.54, 1.807) is 12.1 Å². The molecule has 0 aromatic heterocycles. The van der Waals surface area contributed by atoms with Crippen LogP contribution >= 0.6 is 11.8 Å². The zero-order valence-electron chi connectivity index (χ0n) is 9.34. The average Bonchev–Trinajstić information content (AvgIpc) is 2.29. The van der Waals surface area contributed by atoms with Gasteiger partial charge in [0.15, 0.2) is 0 Å². The van der Waals surface area contributed by atoms with Gasteiger partial charge in [0.05, 0.1) is 16.4 Å². The molecule has 16 heavy (non-hydrogen) atoms. The van der Waals surface area contributed by atoms with Gasteiger partial charge in [-0.2, -0.15) is 0 Å². The number of hydrogen-bond acceptors (Lipinski definition) is 4. The van der Waals surface area contributed by atoms with Crippen molar-refractivity contribution in [1.82, 2.24) is 0 Å². The maximum atomic E-state index is 10.9. The molecule has 0 aliphatic carbocycles. The molecule has 0 radical (unpaired) electrons. The third kappa shape index (κ3) is 3.21. The fraction of sp³-hybridized carbons (Fsp3) is 0.455. The molecular weight excluding hydrogens is 226 g/mol. The van der Waals surface area contributed by atoms with E-state index in [9.17, 15) is 10.1 Å². The molecule has 0 saturated heterocycles. The zero-order valence-corrected chi connectivity index (χ0v) is 10.2. The highest BCUT2D eigenvalue weighted by atomic mass is 32.2. The molecule has 0 bridgehead atoms. The second-order valence-corrected chi connectivity index (χ2v) is 5.03. The van der Waals surface area contributed by atoms with Crippen molar-refractivity contribution in [2.24, 2.45) is 0 Å². The second kappa shape index (κ2) is 5.86. The highest BCUT2D eigenvalue weighted by Gasteiger charge is 2.16. The molecule has 1 atom stereocenters. The van der Waals surface area contributed by atoms with E-state index in [1.807, 2.05) is 13.8 Å². The van der Waals surface area contributed by atoms with Gasteiger partial charge >= 0.3 is 0 Å². The van der Waals surface area contributed by atoms with Gasteiger partial charge in [0.25, 0.3) is 5.69 Å². The van der Waals surface area contributed by atoms with E-state index in [-0.39, 0.29) is 12.3 Å². The number of thioether (sulfide) groups is 1. The summed E-state index contributed by atoms with van der Waals surface area (Å²) >= 11 is 1.49. The Morgan fingerprint density at radius 2 is 2.25 bits per heavy atom. The standard InChI is InChI=1S/C11H15NO3S/c1-3-8(2)16-11-5-4-9(7-13)6-10(11)12(14)15/h4-6,8,13H,3,7H2,1-2H3. The summed E-state index contributed by atoms with van der Waals surface area (Å²) in [6, 6.07) is 4.86. The number of nitro benzene ring substituents is 1. The Balaban J connectivity index is 3.03. The Labute approximate surface area is 98.8 Å². The first-order chi connectivity index (χ1) is 7.58. The summed E-state index contributed by atoms with van der Waals surface area (Å²) in [6.07, 6.45) is 0.962. The first-order valence-electron chi connectivity index (χ1n) is 5.13. The molecule has 0 aliphatic heterocycles. The van der Waals surface area contributed by atoms with Gasteiger partial charge in [-0.05, 0) is 18.1 Å². The van der Waals surface area contributed by atoms with Gasteiger partial charge in [-0.15, -0.1) is 11.8 Å². The molecule has 1 N–H and O–H groups in total. The summed E-state index contributed by atoms with van der Waals surface area (Å²) in [6.45, 7) is 3.91. The highest BCUT2D eigenvalue weighted by molar-refractivity contribution is 8.00. The predicted molar refractivity (Wildman–Crippen MR) is 64.6 cm³/mol. The lowest BCUT2D eigenvalue weighted by Gasteiger charge is -2.09. The van der Waals surface area contributed by atoms with Gasteiger partial charge < -0.3 is 5.11 Å². The minimum absolute atomic E-state index is 0.0804. The van der Waals surface area contributed by atoms with Gasteiger partial charge in [0.2, 0.25) is 0 Å². The lowest BCUT2D eigenvalue weighted by Crippen LogP contribution is -1.97. The summed E-state index contributed by atoms with van der Waals surface area (Å²) in [4.78, 5) is 11.1. The Bertz CT molecular complexity index is 381. The number of aliphatic hydroxyl groups excluding tert-OH is 1. The Kier molecular flexibility index (Phi) is 4.76. The average molecular weight is 241 g/mol. The molecule has 1 aromatic carbocycles. The van der Waals surface area contributed by atoms with Crippen LogP contribution in [0.25, 0.3) is 0 Å². The SMILES string of the molecule is CCC(C)Sc1ccc(CO)cc1[N+](=O)[O-]. The van der Waals surface area contributed by atoms with Crippen molar-refractivity contribution in [1.29, 1.82) is 0 Å². The lowest BCUT2D eigenvalue weighted by atomic mass is 10.2. The van der Waals surface area contributed by atoms with E-state index in [0.717, 1.165) is 6.42 Å². The van der Waals surface area contributed by atoms with Crippen LogP contribution in [0.15, 0.2) is 23.1 Å². The zero-order chi connectivity index (χ0) is 12.1. The molecule has 88 valence electrons. The van der Waals surface area contributed by atoms with Crippen LogP contribution in [0.5, 0.6) is 0 Å². The molecule has 5 heteroatoms. The number of nitrogens with zero attached hydrogens (tertiary/aromatic N) is 1. The van der Waals surface area contributed by atoms with Crippen LogP contribution < -0.4 is 0 Å². The molecular formula is C11H15NO3S. The normalized spacial score (nSPS) is 12.4. The molecule has 0 aliphatic rings. The van der Waals surface area contributed by atoms with Gasteiger partial charge in [0, 0.05) is 11.3 Å². The third-order valence-corrected chi connectivity index (χ3v) is 3.64. The van der Waals surface area contributed by atoms with Crippen LogP contribution in [-0.4, -0.2) is 15.3 Å². The minimum atomic E-state index is -0.399. The maximum Gasteiger partial charge on any atom is 0.283 e. The number of aliphatic hydroxyl groups is 1. The third-order valence-electron chi connectivity index (χ3n) is 2.31. The van der Waals surface area contributed by atoms with Crippen molar-refractivity contribution >= 4 is 17.4 Å². The fourth-order valence-corrected chi connectivity index (χ4v) is 2.20. The van der Waals surface area contributed by atoms with Gasteiger partial charge in [-0.3, -0.25) is 10.1 Å². The summed E-state index contributed by atoms with van der Waals surface area (Å²) in [5, 5.41) is 20.1. The van der Waals surface area contributed by atoms with Crippen LogP contribution in [0.4, 0.5) is 5.69 Å². The number of benzene rings is 1. The van der Waals surface area contributed by atoms with E-state index < -0.39 is 4.92 Å². The molecule has 0 heterocycles. The van der Waals surface area contributed by atoms with Gasteiger partial charge in [-0.1, -0.05) is 19.9 Å². The van der Waals surface area contributed by atoms with Crippen LogP contribution in [0.2, 0.25) is 0 Å². The van der Waals surface area contributed by atoms with E-state index in [2.05, 4.69) is 0 Å². The summed E-state index contributed by atoms with van der Waals surface area (Å²) < 4.78 is 0. The van der Waals surface area contributed by atoms with Crippen LogP contribution in [0.1, 0.15) is 25.8 Å². The summed E-state index contributed by atoms with van der Waals surface area (Å²) in [7, 11) is 0. The van der Waals surface area contributed by atoms with Gasteiger partial charge in [0.1, 0.15) is 0 Å². The molecule has 1 unspecified atom stereocenters. The van der Waals surface area contributed by atoms with Crippen LogP contribution in [0.3, 0.4) is 0 Å². The second-order valence-electron chi connectivity index (χ2n) is 3.55. The van der Waals surface area contributed by atoms with Gasteiger partial charge in [-0.25, -0.2) is 0 Å². The summed E-state index contributed by atoms with van der Waals surface area (Å²) in [5.41, 5.74) is 0.650. The molecule has 0 amide bonds. The molecule has 0 spiro atoms. The number of hydrogen-bond donors (Lipinski definition) is 1. The maximum absolute atomic E-state index is 10.9. The molecule has 1 rings (SSSR count). The Hall–Kier alpha value is -1.07. The molecule has 0 fully saturated rings. The van der Waals surface area contributed by atoms with E-state index in [0.29, 0.717) is 15.7 Å². The number of nitro groups is 1. The van der Waals surface area contributed by atoms with E-state index in [4.69, 9.17) is 5.11 Å². The van der Waals surface area contributed by atoms with Crippen molar-refractivity contribution in [3.63, 3.8) is 0 Å². The molecule has 0 saturated carbocycles. The first kappa shape index (κ1) is 13.0. The summed E-state index contributed by atoms with van der Waals surface area (Å²) in [5.74, 6) is 0. The Morgan fingerprint density at radius 3 is 2.75 bits per heavy atom. The molecule has 1 aromatic rings. The topological polar surface area (TPSA) is 63.4 Å². The largest absolute Gasteiger partial charge is 0.392 e. The van der Waals surface area contributed by atoms with Crippen LogP contribution in [-0.2, 0) is 6.61 Å². The lowest BCUT2D eigenvalue weighted by molar-refractivity contribution is -0.387. The Morgan fingerprint density at radius 1 is 1.56 bits per heavy atom. The van der Waals surface area contributed by atoms with Crippen LogP contribution in [0, 0.1) is 10.1 Å². The van der Waals surface area contributed by atoms with Crippen molar-refractivity contribution in [2.45, 2.75) is 37.0 Å².